The van der Waals surface area contributed by atoms with Gasteiger partial charge in [-0.15, -0.1) is 0 Å². The summed E-state index contributed by atoms with van der Waals surface area (Å²) in [6.07, 6.45) is -1.09. The fourth-order valence-electron chi connectivity index (χ4n) is 1.97. The van der Waals surface area contributed by atoms with Crippen molar-refractivity contribution < 1.29 is 24.0 Å². The topological polar surface area (TPSA) is 108 Å². The van der Waals surface area contributed by atoms with E-state index in [1.807, 2.05) is 0 Å². The van der Waals surface area contributed by atoms with Gasteiger partial charge in [0, 0.05) is 17.8 Å². The third-order valence-corrected chi connectivity index (χ3v) is 3.28. The molecular formula is C17H16N2O6. The van der Waals surface area contributed by atoms with Crippen LogP contribution in [0.25, 0.3) is 0 Å². The maximum Gasteiger partial charge on any atom is 0.339 e. The van der Waals surface area contributed by atoms with Gasteiger partial charge in [0.1, 0.15) is 5.75 Å². The molecule has 0 unspecified atom stereocenters. The van der Waals surface area contributed by atoms with Crippen LogP contribution in [0.2, 0.25) is 0 Å². The van der Waals surface area contributed by atoms with Crippen molar-refractivity contribution in [2.45, 2.75) is 13.0 Å². The van der Waals surface area contributed by atoms with Crippen LogP contribution in [0, 0.1) is 10.1 Å². The van der Waals surface area contributed by atoms with Crippen molar-refractivity contribution in [3.05, 3.63) is 64.2 Å². The van der Waals surface area contributed by atoms with Crippen LogP contribution >= 0.6 is 0 Å². The van der Waals surface area contributed by atoms with Crippen LogP contribution in [-0.4, -0.2) is 30.0 Å². The molecule has 0 aromatic heterocycles. The molecule has 1 N–H and O–H groups in total. The number of ether oxygens (including phenoxy) is 2. The molecule has 1 atom stereocenters. The molecule has 8 nitrogen and oxygen atoms in total. The molecule has 8 heteroatoms. The zero-order valence-electron chi connectivity index (χ0n) is 13.6. The van der Waals surface area contributed by atoms with Crippen LogP contribution in [0.15, 0.2) is 48.5 Å². The standard InChI is InChI=1S/C17H16N2O6/c1-11(25-17(21)12-5-3-8-15(9-12)24-2)16(20)18-13-6-4-7-14(10-13)19(22)23/h3-11H,1-2H3,(H,18,20)/t11-/m1/s1. The molecule has 0 aliphatic rings. The Kier molecular flexibility index (Phi) is 5.67. The fourth-order valence-corrected chi connectivity index (χ4v) is 1.97. The second-order valence-electron chi connectivity index (χ2n) is 5.08. The predicted octanol–water partition coefficient (Wildman–Crippen LogP) is 2.79. The Hall–Kier alpha value is -3.42. The van der Waals surface area contributed by atoms with Crippen molar-refractivity contribution >= 4 is 23.3 Å². The molecule has 0 spiro atoms. The van der Waals surface area contributed by atoms with Gasteiger partial charge in [-0.05, 0) is 31.2 Å². The highest BCUT2D eigenvalue weighted by molar-refractivity contribution is 5.97. The Morgan fingerprint density at radius 3 is 2.56 bits per heavy atom. The quantitative estimate of drug-likeness (QED) is 0.490. The molecule has 0 saturated carbocycles. The maximum atomic E-state index is 12.1. The van der Waals surface area contributed by atoms with Crippen molar-refractivity contribution in [3.8, 4) is 5.75 Å². The van der Waals surface area contributed by atoms with E-state index < -0.39 is 22.9 Å². The highest BCUT2D eigenvalue weighted by Gasteiger charge is 2.20. The first-order chi connectivity index (χ1) is 11.9. The molecule has 2 aromatic rings. The Morgan fingerprint density at radius 2 is 1.88 bits per heavy atom. The van der Waals surface area contributed by atoms with E-state index >= 15 is 0 Å². The number of nitrogens with zero attached hydrogens (tertiary/aromatic N) is 1. The third kappa shape index (κ3) is 4.77. The minimum absolute atomic E-state index is 0.154. The third-order valence-electron chi connectivity index (χ3n) is 3.28. The van der Waals surface area contributed by atoms with Crippen LogP contribution in [0.5, 0.6) is 5.75 Å². The van der Waals surface area contributed by atoms with Gasteiger partial charge in [0.05, 0.1) is 17.6 Å². The van der Waals surface area contributed by atoms with Gasteiger partial charge in [0.15, 0.2) is 6.10 Å². The van der Waals surface area contributed by atoms with Crippen LogP contribution in [-0.2, 0) is 9.53 Å². The number of carbonyl (C=O) groups excluding carboxylic acids is 2. The van der Waals surface area contributed by atoms with E-state index in [2.05, 4.69) is 5.32 Å². The number of nitrogens with one attached hydrogen (secondary N) is 1. The summed E-state index contributed by atoms with van der Waals surface area (Å²) in [4.78, 5) is 34.4. The summed E-state index contributed by atoms with van der Waals surface area (Å²) in [6, 6.07) is 11.8. The number of amides is 1. The number of hydrogen-bond donors (Lipinski definition) is 1. The molecule has 1 amide bonds. The van der Waals surface area contributed by atoms with E-state index in [-0.39, 0.29) is 16.9 Å². The van der Waals surface area contributed by atoms with E-state index in [4.69, 9.17) is 9.47 Å². The summed E-state index contributed by atoms with van der Waals surface area (Å²) < 4.78 is 10.1. The molecule has 0 saturated heterocycles. The second-order valence-corrected chi connectivity index (χ2v) is 5.08. The largest absolute Gasteiger partial charge is 0.497 e. The van der Waals surface area contributed by atoms with E-state index in [0.717, 1.165) is 0 Å². The number of anilines is 1. The fraction of sp³-hybridized carbons (Fsp3) is 0.176. The molecule has 0 bridgehead atoms. The highest BCUT2D eigenvalue weighted by Crippen LogP contribution is 2.18. The number of esters is 1. The Morgan fingerprint density at radius 1 is 1.16 bits per heavy atom. The van der Waals surface area contributed by atoms with Gasteiger partial charge in [-0.3, -0.25) is 14.9 Å². The van der Waals surface area contributed by atoms with E-state index in [1.165, 1.54) is 50.4 Å². The van der Waals surface area contributed by atoms with E-state index in [0.29, 0.717) is 5.75 Å². The lowest BCUT2D eigenvalue weighted by molar-refractivity contribution is -0.384. The van der Waals surface area contributed by atoms with Gasteiger partial charge in [-0.2, -0.15) is 0 Å². The molecule has 0 aliphatic carbocycles. The van der Waals surface area contributed by atoms with Crippen LogP contribution < -0.4 is 10.1 Å². The molecule has 130 valence electrons. The molecule has 0 radical (unpaired) electrons. The number of hydrogen-bond acceptors (Lipinski definition) is 6. The molecule has 0 heterocycles. The zero-order valence-corrected chi connectivity index (χ0v) is 13.6. The van der Waals surface area contributed by atoms with Gasteiger partial charge >= 0.3 is 5.97 Å². The SMILES string of the molecule is COc1cccc(C(=O)O[C@H](C)C(=O)Nc2cccc([N+](=O)[O-])c2)c1. The lowest BCUT2D eigenvalue weighted by Gasteiger charge is -2.13. The van der Waals surface area contributed by atoms with Gasteiger partial charge in [0.2, 0.25) is 0 Å². The summed E-state index contributed by atoms with van der Waals surface area (Å²) in [5, 5.41) is 13.2. The molecule has 2 aromatic carbocycles. The predicted molar refractivity (Wildman–Crippen MR) is 89.6 cm³/mol. The van der Waals surface area contributed by atoms with Crippen LogP contribution in [0.3, 0.4) is 0 Å². The van der Waals surface area contributed by atoms with Gasteiger partial charge in [-0.1, -0.05) is 12.1 Å². The number of nitro benzene ring substituents is 1. The van der Waals surface area contributed by atoms with Crippen molar-refractivity contribution in [3.63, 3.8) is 0 Å². The average Bonchev–Trinajstić information content (AvgIpc) is 2.61. The lowest BCUT2D eigenvalue weighted by Crippen LogP contribution is -2.30. The normalized spacial score (nSPS) is 11.3. The number of carbonyl (C=O) groups is 2. The first kappa shape index (κ1) is 17.9. The van der Waals surface area contributed by atoms with Gasteiger partial charge in [-0.25, -0.2) is 4.79 Å². The first-order valence-corrected chi connectivity index (χ1v) is 7.31. The summed E-state index contributed by atoms with van der Waals surface area (Å²) in [5.41, 5.74) is 0.330. The number of nitro groups is 1. The van der Waals surface area contributed by atoms with Crippen molar-refractivity contribution in [1.29, 1.82) is 0 Å². The van der Waals surface area contributed by atoms with Crippen LogP contribution in [0.4, 0.5) is 11.4 Å². The Bertz CT molecular complexity index is 805. The first-order valence-electron chi connectivity index (χ1n) is 7.31. The minimum atomic E-state index is -1.09. The number of rotatable bonds is 6. The number of methoxy groups -OCH3 is 1. The van der Waals surface area contributed by atoms with E-state index in [1.54, 1.807) is 12.1 Å². The molecule has 2 rings (SSSR count). The summed E-state index contributed by atoms with van der Waals surface area (Å²) in [7, 11) is 1.47. The second kappa shape index (κ2) is 7.91. The summed E-state index contributed by atoms with van der Waals surface area (Å²) in [6.45, 7) is 1.41. The minimum Gasteiger partial charge on any atom is -0.497 e. The molecule has 0 aliphatic heterocycles. The number of benzene rings is 2. The van der Waals surface area contributed by atoms with Crippen LogP contribution in [0.1, 0.15) is 17.3 Å². The average molecular weight is 344 g/mol. The van der Waals surface area contributed by atoms with Crippen molar-refractivity contribution in [2.75, 3.05) is 12.4 Å². The molecular weight excluding hydrogens is 328 g/mol. The Labute approximate surface area is 143 Å². The monoisotopic (exact) mass is 344 g/mol. The maximum absolute atomic E-state index is 12.1. The van der Waals surface area contributed by atoms with E-state index in [9.17, 15) is 19.7 Å². The highest BCUT2D eigenvalue weighted by atomic mass is 16.6. The van der Waals surface area contributed by atoms with Crippen molar-refractivity contribution in [2.24, 2.45) is 0 Å². The lowest BCUT2D eigenvalue weighted by atomic mass is 10.2. The molecule has 25 heavy (non-hydrogen) atoms. The summed E-state index contributed by atoms with van der Waals surface area (Å²) in [5.74, 6) is -0.791. The summed E-state index contributed by atoms with van der Waals surface area (Å²) >= 11 is 0. The number of non-ortho nitro benzene ring substituents is 1. The molecule has 0 fully saturated rings. The Balaban J connectivity index is 2.01. The van der Waals surface area contributed by atoms with Gasteiger partial charge in [0.25, 0.3) is 11.6 Å². The van der Waals surface area contributed by atoms with Crippen molar-refractivity contribution in [1.82, 2.24) is 0 Å². The zero-order chi connectivity index (χ0) is 18.4. The van der Waals surface area contributed by atoms with Gasteiger partial charge < -0.3 is 14.8 Å². The smallest absolute Gasteiger partial charge is 0.339 e.